The van der Waals surface area contributed by atoms with Crippen molar-refractivity contribution in [3.8, 4) is 11.1 Å². The van der Waals surface area contributed by atoms with Crippen LogP contribution in [-0.2, 0) is 5.41 Å². The van der Waals surface area contributed by atoms with Crippen molar-refractivity contribution >= 4 is 28.4 Å². The summed E-state index contributed by atoms with van der Waals surface area (Å²) in [5, 5.41) is 3.75. The Kier molecular flexibility index (Phi) is 8.91. The van der Waals surface area contributed by atoms with E-state index in [0.717, 1.165) is 24.2 Å². The molecule has 0 amide bonds. The summed E-state index contributed by atoms with van der Waals surface area (Å²) in [5.41, 5.74) is 16.1. The predicted molar refractivity (Wildman–Crippen MR) is 206 cm³/mol. The Balaban J connectivity index is 1.30. The van der Waals surface area contributed by atoms with Crippen molar-refractivity contribution in [1.82, 2.24) is 0 Å². The molecule has 1 N–H and O–H groups in total. The van der Waals surface area contributed by atoms with Crippen molar-refractivity contribution in [2.24, 2.45) is 0 Å². The summed E-state index contributed by atoms with van der Waals surface area (Å²) in [6.07, 6.45) is 6.09. The van der Waals surface area contributed by atoms with E-state index in [1.165, 1.54) is 80.8 Å². The average Bonchev–Trinajstić information content (AvgIpc) is 3.12. The van der Waals surface area contributed by atoms with Gasteiger partial charge in [-0.3, -0.25) is 0 Å². The molecule has 0 saturated heterocycles. The van der Waals surface area contributed by atoms with Crippen molar-refractivity contribution in [3.63, 3.8) is 0 Å². The smallest absolute Gasteiger partial charge is 0.0464 e. The van der Waals surface area contributed by atoms with Crippen LogP contribution < -0.4 is 10.2 Å². The third kappa shape index (κ3) is 6.53. The first kappa shape index (κ1) is 31.5. The molecule has 0 spiro atoms. The number of rotatable bonds is 8. The van der Waals surface area contributed by atoms with Crippen molar-refractivity contribution in [3.05, 3.63) is 173 Å². The number of nitrogens with zero attached hydrogens (tertiary/aromatic N) is 1. The molecule has 6 aromatic rings. The maximum atomic E-state index is 3.75. The first-order valence-electron chi connectivity index (χ1n) is 17.5. The summed E-state index contributed by atoms with van der Waals surface area (Å²) < 4.78 is 0. The highest BCUT2D eigenvalue weighted by Crippen LogP contribution is 2.48. The number of hydrogen-bond donors (Lipinski definition) is 1. The largest absolute Gasteiger partial charge is 0.355 e. The van der Waals surface area contributed by atoms with E-state index in [1.54, 1.807) is 0 Å². The van der Waals surface area contributed by atoms with Gasteiger partial charge in [0.2, 0.25) is 0 Å². The molecular weight excluding hydrogens is 581 g/mol. The summed E-state index contributed by atoms with van der Waals surface area (Å²) >= 11 is 0. The Hall–Kier alpha value is -5.08. The van der Waals surface area contributed by atoms with Crippen LogP contribution in [-0.4, -0.2) is 0 Å². The fourth-order valence-electron chi connectivity index (χ4n) is 7.38. The molecule has 2 heteroatoms. The van der Waals surface area contributed by atoms with Gasteiger partial charge < -0.3 is 10.2 Å². The van der Waals surface area contributed by atoms with Crippen LogP contribution in [0.3, 0.4) is 0 Å². The molecule has 0 heterocycles. The summed E-state index contributed by atoms with van der Waals surface area (Å²) in [4.78, 5) is 2.37. The minimum atomic E-state index is -0.0306. The van der Waals surface area contributed by atoms with Gasteiger partial charge in [0.05, 0.1) is 0 Å². The molecule has 2 nitrogen and oxygen atoms in total. The topological polar surface area (TPSA) is 15.3 Å². The molecule has 0 bridgehead atoms. The predicted octanol–water partition coefficient (Wildman–Crippen LogP) is 13.1. The Morgan fingerprint density at radius 1 is 0.458 bits per heavy atom. The lowest BCUT2D eigenvalue weighted by molar-refractivity contribution is 0.346. The van der Waals surface area contributed by atoms with Gasteiger partial charge in [-0.1, -0.05) is 120 Å². The van der Waals surface area contributed by atoms with E-state index >= 15 is 0 Å². The van der Waals surface area contributed by atoms with E-state index in [9.17, 15) is 0 Å². The minimum absolute atomic E-state index is 0.0306. The van der Waals surface area contributed by atoms with Gasteiger partial charge in [-0.25, -0.2) is 0 Å². The second kappa shape index (κ2) is 13.6. The zero-order valence-electron chi connectivity index (χ0n) is 28.8. The zero-order chi connectivity index (χ0) is 33.1. The van der Waals surface area contributed by atoms with Crippen LogP contribution in [0.4, 0.5) is 28.4 Å². The van der Waals surface area contributed by atoms with Crippen LogP contribution in [0.5, 0.6) is 0 Å². The highest BCUT2D eigenvalue weighted by Gasteiger charge is 2.36. The molecule has 240 valence electrons. The molecule has 7 rings (SSSR count). The first-order valence-corrected chi connectivity index (χ1v) is 17.5. The van der Waals surface area contributed by atoms with Gasteiger partial charge in [0, 0.05) is 39.4 Å². The summed E-state index contributed by atoms with van der Waals surface area (Å²) in [5.74, 6) is 0. The van der Waals surface area contributed by atoms with Crippen LogP contribution in [0.2, 0.25) is 0 Å². The molecule has 1 fully saturated rings. The van der Waals surface area contributed by atoms with Gasteiger partial charge in [0.15, 0.2) is 0 Å². The van der Waals surface area contributed by atoms with Gasteiger partial charge in [-0.15, -0.1) is 0 Å². The van der Waals surface area contributed by atoms with E-state index in [4.69, 9.17) is 0 Å². The molecular formula is C46H46N2. The normalized spacial score (nSPS) is 14.0. The van der Waals surface area contributed by atoms with E-state index in [1.807, 2.05) is 0 Å². The third-order valence-corrected chi connectivity index (χ3v) is 10.2. The number of benzene rings is 6. The number of aryl methyl sites for hydroxylation is 4. The van der Waals surface area contributed by atoms with E-state index in [-0.39, 0.29) is 5.41 Å². The Labute approximate surface area is 287 Å². The van der Waals surface area contributed by atoms with Crippen molar-refractivity contribution < 1.29 is 0 Å². The lowest BCUT2D eigenvalue weighted by Crippen LogP contribution is -2.30. The number of anilines is 5. The molecule has 0 atom stereocenters. The highest BCUT2D eigenvalue weighted by atomic mass is 15.1. The maximum Gasteiger partial charge on any atom is 0.0464 e. The average molecular weight is 627 g/mol. The molecule has 1 aliphatic carbocycles. The van der Waals surface area contributed by atoms with E-state index in [0.29, 0.717) is 0 Å². The van der Waals surface area contributed by atoms with Crippen molar-refractivity contribution in [2.75, 3.05) is 10.2 Å². The fourth-order valence-corrected chi connectivity index (χ4v) is 7.38. The van der Waals surface area contributed by atoms with Crippen molar-refractivity contribution in [1.29, 1.82) is 0 Å². The summed E-state index contributed by atoms with van der Waals surface area (Å²) in [6, 6.07) is 52.0. The van der Waals surface area contributed by atoms with Gasteiger partial charge in [-0.05, 0) is 118 Å². The van der Waals surface area contributed by atoms with Crippen LogP contribution in [0.25, 0.3) is 11.1 Å². The van der Waals surface area contributed by atoms with Crippen LogP contribution in [0, 0.1) is 27.7 Å². The molecule has 0 aliphatic heterocycles. The monoisotopic (exact) mass is 626 g/mol. The van der Waals surface area contributed by atoms with Gasteiger partial charge in [0.1, 0.15) is 0 Å². The third-order valence-electron chi connectivity index (χ3n) is 10.2. The van der Waals surface area contributed by atoms with E-state index < -0.39 is 0 Å². The number of nitrogens with one attached hydrogen (secondary N) is 1. The second-order valence-corrected chi connectivity index (χ2v) is 13.8. The second-order valence-electron chi connectivity index (χ2n) is 13.8. The molecule has 0 aromatic heterocycles. The lowest BCUT2D eigenvalue weighted by atomic mass is 9.65. The SMILES string of the molecule is Cc1ccc(Nc2ccc(C3(c4ccc(N(c5ccc(C)cc5)c5ccc(C)cc5)cc4)CCCCC3)cc2-c2ccc(C)cc2)cc1. The molecule has 1 saturated carbocycles. The molecule has 0 unspecified atom stereocenters. The van der Waals surface area contributed by atoms with Crippen molar-refractivity contribution in [2.45, 2.75) is 65.2 Å². The van der Waals surface area contributed by atoms with Gasteiger partial charge >= 0.3 is 0 Å². The Morgan fingerprint density at radius 3 is 1.42 bits per heavy atom. The molecule has 0 radical (unpaired) electrons. The van der Waals surface area contributed by atoms with E-state index in [2.05, 4.69) is 177 Å². The molecule has 6 aromatic carbocycles. The fraction of sp³-hybridized carbons (Fsp3) is 0.217. The summed E-state index contributed by atoms with van der Waals surface area (Å²) in [6.45, 7) is 8.58. The van der Waals surface area contributed by atoms with Gasteiger partial charge in [-0.2, -0.15) is 0 Å². The van der Waals surface area contributed by atoms with Crippen LogP contribution in [0.1, 0.15) is 65.5 Å². The highest BCUT2D eigenvalue weighted by molar-refractivity contribution is 5.82. The number of hydrogen-bond acceptors (Lipinski definition) is 2. The Bertz CT molecular complexity index is 1920. The minimum Gasteiger partial charge on any atom is -0.355 e. The molecule has 1 aliphatic rings. The summed E-state index contributed by atoms with van der Waals surface area (Å²) in [7, 11) is 0. The van der Waals surface area contributed by atoms with Gasteiger partial charge in [0.25, 0.3) is 0 Å². The van der Waals surface area contributed by atoms with Crippen LogP contribution in [0.15, 0.2) is 140 Å². The zero-order valence-corrected chi connectivity index (χ0v) is 28.8. The Morgan fingerprint density at radius 2 is 0.896 bits per heavy atom. The van der Waals surface area contributed by atoms with Crippen LogP contribution >= 0.6 is 0 Å². The molecule has 48 heavy (non-hydrogen) atoms. The quantitative estimate of drug-likeness (QED) is 0.181. The standard InChI is InChI=1S/C46H46N2/c1-33-8-16-37(17-9-33)44-32-39(20-29-45(44)47-40-21-10-34(2)11-22-40)46(30-6-5-7-31-46)38-18-27-43(28-19-38)48(41-23-12-35(3)13-24-41)42-25-14-36(4)15-26-42/h8-29,32,47H,5-7,30-31H2,1-4H3. The first-order chi connectivity index (χ1) is 23.4. The lowest BCUT2D eigenvalue weighted by Gasteiger charge is -2.39. The maximum absolute atomic E-state index is 3.75.